The van der Waals surface area contributed by atoms with Crippen LogP contribution in [0.15, 0.2) is 30.3 Å². The van der Waals surface area contributed by atoms with Crippen molar-refractivity contribution < 1.29 is 13.9 Å². The average Bonchev–Trinajstić information content (AvgIpc) is 2.39. The van der Waals surface area contributed by atoms with Gasteiger partial charge in [0.2, 0.25) is 0 Å². The topological polar surface area (TPSA) is 44.5 Å². The molecule has 2 aromatic carbocycles. The first-order valence-electron chi connectivity index (χ1n) is 6.87. The fourth-order valence-electron chi connectivity index (χ4n) is 1.92. The summed E-state index contributed by atoms with van der Waals surface area (Å²) in [6.45, 7) is 7.59. The maximum absolute atomic E-state index is 13.8. The second kappa shape index (κ2) is 6.04. The Bertz CT molecular complexity index is 653. The Balaban J connectivity index is 2.37. The highest BCUT2D eigenvalue weighted by atomic mass is 19.1. The monoisotopic (exact) mass is 289 g/mol. The van der Waals surface area contributed by atoms with Crippen LogP contribution in [0, 0.1) is 19.7 Å². The third kappa shape index (κ3) is 3.66. The summed E-state index contributed by atoms with van der Waals surface area (Å²) in [4.78, 5) is 0. The maximum atomic E-state index is 13.8. The highest BCUT2D eigenvalue weighted by Gasteiger charge is 2.13. The maximum Gasteiger partial charge on any atom is 0.167 e. The van der Waals surface area contributed by atoms with E-state index in [9.17, 15) is 4.39 Å². The van der Waals surface area contributed by atoms with Crippen molar-refractivity contribution in [3.05, 3.63) is 47.3 Å². The van der Waals surface area contributed by atoms with Gasteiger partial charge in [0.05, 0.1) is 11.8 Å². The second-order valence-electron chi connectivity index (χ2n) is 5.36. The van der Waals surface area contributed by atoms with Gasteiger partial charge in [-0.05, 0) is 44.9 Å². The largest absolute Gasteiger partial charge is 0.488 e. The van der Waals surface area contributed by atoms with Crippen molar-refractivity contribution in [2.45, 2.75) is 33.8 Å². The van der Waals surface area contributed by atoms with E-state index in [-0.39, 0.29) is 17.5 Å². The number of halogens is 1. The number of ether oxygens (including phenoxy) is 2. The van der Waals surface area contributed by atoms with Gasteiger partial charge in [0, 0.05) is 12.1 Å². The summed E-state index contributed by atoms with van der Waals surface area (Å²) in [7, 11) is 0. The van der Waals surface area contributed by atoms with Gasteiger partial charge in [-0.3, -0.25) is 0 Å². The van der Waals surface area contributed by atoms with E-state index in [1.807, 2.05) is 45.9 Å². The molecule has 0 aliphatic carbocycles. The number of hydrogen-bond donors (Lipinski definition) is 1. The molecule has 0 aromatic heterocycles. The molecule has 21 heavy (non-hydrogen) atoms. The first-order chi connectivity index (χ1) is 9.86. The van der Waals surface area contributed by atoms with E-state index in [1.54, 1.807) is 0 Å². The zero-order valence-corrected chi connectivity index (χ0v) is 12.7. The van der Waals surface area contributed by atoms with Crippen molar-refractivity contribution in [2.75, 3.05) is 5.73 Å². The molecule has 4 heteroatoms. The summed E-state index contributed by atoms with van der Waals surface area (Å²) in [5.41, 5.74) is 8.14. The highest BCUT2D eigenvalue weighted by Crippen LogP contribution is 2.35. The number of aryl methyl sites for hydroxylation is 2. The SMILES string of the molecule is Cc1ccc(C)c(Oc2cc(OC(C)C)c(F)cc2N)c1. The fourth-order valence-corrected chi connectivity index (χ4v) is 1.92. The minimum absolute atomic E-state index is 0.128. The molecular formula is C17H20FNO2. The predicted octanol–water partition coefficient (Wildman–Crippen LogP) is 4.60. The molecule has 0 radical (unpaired) electrons. The van der Waals surface area contributed by atoms with Gasteiger partial charge >= 0.3 is 0 Å². The van der Waals surface area contributed by atoms with Gasteiger partial charge in [-0.25, -0.2) is 4.39 Å². The van der Waals surface area contributed by atoms with E-state index in [0.717, 1.165) is 11.1 Å². The van der Waals surface area contributed by atoms with Crippen LogP contribution in [0.2, 0.25) is 0 Å². The first kappa shape index (κ1) is 15.2. The first-order valence-corrected chi connectivity index (χ1v) is 6.87. The van der Waals surface area contributed by atoms with Crippen LogP contribution < -0.4 is 15.2 Å². The Hall–Kier alpha value is -2.23. The average molecular weight is 289 g/mol. The van der Waals surface area contributed by atoms with E-state index in [0.29, 0.717) is 11.5 Å². The quantitative estimate of drug-likeness (QED) is 0.836. The van der Waals surface area contributed by atoms with Crippen LogP contribution in [-0.4, -0.2) is 6.10 Å². The molecule has 0 bridgehead atoms. The molecule has 2 N–H and O–H groups in total. The molecule has 0 atom stereocenters. The standard InChI is InChI=1S/C17H20FNO2/c1-10(2)20-16-9-17(14(19)8-13(16)18)21-15-7-11(3)5-6-12(15)4/h5-10H,19H2,1-4H3. The van der Waals surface area contributed by atoms with Crippen molar-refractivity contribution in [1.82, 2.24) is 0 Å². The van der Waals surface area contributed by atoms with E-state index in [1.165, 1.54) is 12.1 Å². The number of hydrogen-bond acceptors (Lipinski definition) is 3. The predicted molar refractivity (Wildman–Crippen MR) is 82.6 cm³/mol. The molecule has 0 aliphatic heterocycles. The van der Waals surface area contributed by atoms with Crippen molar-refractivity contribution in [2.24, 2.45) is 0 Å². The van der Waals surface area contributed by atoms with E-state index in [4.69, 9.17) is 15.2 Å². The normalized spacial score (nSPS) is 10.8. The summed E-state index contributed by atoms with van der Waals surface area (Å²) in [6, 6.07) is 8.60. The lowest BCUT2D eigenvalue weighted by Crippen LogP contribution is -2.07. The molecule has 0 unspecified atom stereocenters. The molecular weight excluding hydrogens is 269 g/mol. The Morgan fingerprint density at radius 2 is 1.71 bits per heavy atom. The van der Waals surface area contributed by atoms with Gasteiger partial charge in [-0.2, -0.15) is 0 Å². The van der Waals surface area contributed by atoms with E-state index in [2.05, 4.69) is 0 Å². The highest BCUT2D eigenvalue weighted by molar-refractivity contribution is 5.58. The fraction of sp³-hybridized carbons (Fsp3) is 0.294. The summed E-state index contributed by atoms with van der Waals surface area (Å²) < 4.78 is 25.1. The molecule has 0 heterocycles. The second-order valence-corrected chi connectivity index (χ2v) is 5.36. The Morgan fingerprint density at radius 3 is 2.38 bits per heavy atom. The van der Waals surface area contributed by atoms with Crippen molar-refractivity contribution in [1.29, 1.82) is 0 Å². The van der Waals surface area contributed by atoms with Crippen molar-refractivity contribution in [3.8, 4) is 17.2 Å². The van der Waals surface area contributed by atoms with Crippen LogP contribution in [0.5, 0.6) is 17.2 Å². The lowest BCUT2D eigenvalue weighted by Gasteiger charge is -2.15. The van der Waals surface area contributed by atoms with Gasteiger partial charge in [0.15, 0.2) is 17.3 Å². The van der Waals surface area contributed by atoms with E-state index < -0.39 is 5.82 Å². The molecule has 0 aliphatic rings. The molecule has 3 nitrogen and oxygen atoms in total. The van der Waals surface area contributed by atoms with Crippen LogP contribution in [-0.2, 0) is 0 Å². The number of benzene rings is 2. The summed E-state index contributed by atoms with van der Waals surface area (Å²) in [5, 5.41) is 0. The van der Waals surface area contributed by atoms with Crippen LogP contribution >= 0.6 is 0 Å². The van der Waals surface area contributed by atoms with Crippen LogP contribution in [0.4, 0.5) is 10.1 Å². The minimum Gasteiger partial charge on any atom is -0.488 e. The number of anilines is 1. The van der Waals surface area contributed by atoms with Crippen LogP contribution in [0.25, 0.3) is 0 Å². The molecule has 2 rings (SSSR count). The molecule has 112 valence electrons. The molecule has 0 saturated carbocycles. The number of nitrogens with two attached hydrogens (primary N) is 1. The number of rotatable bonds is 4. The van der Waals surface area contributed by atoms with Gasteiger partial charge < -0.3 is 15.2 Å². The Labute approximate surface area is 124 Å². The van der Waals surface area contributed by atoms with E-state index >= 15 is 0 Å². The van der Waals surface area contributed by atoms with Gasteiger partial charge in [-0.15, -0.1) is 0 Å². The zero-order chi connectivity index (χ0) is 15.6. The molecule has 0 spiro atoms. The lowest BCUT2D eigenvalue weighted by atomic mass is 10.1. The lowest BCUT2D eigenvalue weighted by molar-refractivity contribution is 0.230. The van der Waals surface area contributed by atoms with Crippen molar-refractivity contribution in [3.63, 3.8) is 0 Å². The third-order valence-corrected chi connectivity index (χ3v) is 2.99. The summed E-state index contributed by atoms with van der Waals surface area (Å²) in [5.74, 6) is 0.735. The van der Waals surface area contributed by atoms with Gasteiger partial charge in [0.25, 0.3) is 0 Å². The van der Waals surface area contributed by atoms with Gasteiger partial charge in [0.1, 0.15) is 5.75 Å². The Kier molecular flexibility index (Phi) is 4.36. The smallest absolute Gasteiger partial charge is 0.167 e. The Morgan fingerprint density at radius 1 is 1.00 bits per heavy atom. The van der Waals surface area contributed by atoms with Gasteiger partial charge in [-0.1, -0.05) is 12.1 Å². The molecule has 0 fully saturated rings. The molecule has 0 amide bonds. The van der Waals surface area contributed by atoms with Crippen LogP contribution in [0.1, 0.15) is 25.0 Å². The minimum atomic E-state index is -0.491. The molecule has 0 saturated heterocycles. The van der Waals surface area contributed by atoms with Crippen molar-refractivity contribution >= 4 is 5.69 Å². The third-order valence-electron chi connectivity index (χ3n) is 2.99. The van der Waals surface area contributed by atoms with Crippen LogP contribution in [0.3, 0.4) is 0 Å². The summed E-state index contributed by atoms with van der Waals surface area (Å²) in [6.07, 6.45) is -0.128. The summed E-state index contributed by atoms with van der Waals surface area (Å²) >= 11 is 0. The zero-order valence-electron chi connectivity index (χ0n) is 12.7. The molecule has 2 aromatic rings. The number of nitrogen functional groups attached to an aromatic ring is 1.